The number of hydrogen-bond acceptors (Lipinski definition) is 4. The van der Waals surface area contributed by atoms with Crippen molar-refractivity contribution in [2.45, 2.75) is 6.42 Å². The predicted molar refractivity (Wildman–Crippen MR) is 91.1 cm³/mol. The van der Waals surface area contributed by atoms with E-state index in [1.165, 1.54) is 0 Å². The van der Waals surface area contributed by atoms with Gasteiger partial charge in [-0.2, -0.15) is 0 Å². The highest BCUT2D eigenvalue weighted by molar-refractivity contribution is 5.99. The van der Waals surface area contributed by atoms with Gasteiger partial charge in [-0.1, -0.05) is 0 Å². The van der Waals surface area contributed by atoms with Crippen molar-refractivity contribution < 1.29 is 9.59 Å². The van der Waals surface area contributed by atoms with E-state index in [-0.39, 0.29) is 11.8 Å². The number of pyridine rings is 1. The Hall–Kier alpha value is -2.89. The molecule has 3 heterocycles. The summed E-state index contributed by atoms with van der Waals surface area (Å²) in [5.74, 6) is 0.107. The lowest BCUT2D eigenvalue weighted by Gasteiger charge is -2.36. The Bertz CT molecular complexity index is 783. The zero-order valence-electron chi connectivity index (χ0n) is 13.2. The first-order valence-electron chi connectivity index (χ1n) is 8.08. The topological polar surface area (TPSA) is 65.5 Å². The molecule has 0 bridgehead atoms. The molecule has 6 nitrogen and oxygen atoms in total. The van der Waals surface area contributed by atoms with Crippen LogP contribution in [0.4, 0.5) is 11.4 Å². The maximum Gasteiger partial charge on any atom is 0.254 e. The molecule has 1 aromatic carbocycles. The minimum Gasteiger partial charge on any atom is -0.368 e. The molecule has 0 spiro atoms. The average molecular weight is 322 g/mol. The fourth-order valence-corrected chi connectivity index (χ4v) is 3.26. The van der Waals surface area contributed by atoms with E-state index in [1.54, 1.807) is 24.5 Å². The summed E-state index contributed by atoms with van der Waals surface area (Å²) in [6.07, 6.45) is 3.73. The first-order chi connectivity index (χ1) is 11.7. The number of carbonyl (C=O) groups excluding carboxylic acids is 2. The normalized spacial score (nSPS) is 16.8. The zero-order chi connectivity index (χ0) is 16.5. The first-order valence-corrected chi connectivity index (χ1v) is 8.08. The number of fused-ring (bicyclic) bond motifs is 1. The smallest absolute Gasteiger partial charge is 0.254 e. The van der Waals surface area contributed by atoms with Gasteiger partial charge in [0.2, 0.25) is 5.91 Å². The van der Waals surface area contributed by atoms with Gasteiger partial charge in [-0.15, -0.1) is 0 Å². The Balaban J connectivity index is 1.42. The van der Waals surface area contributed by atoms with Crippen LogP contribution in [0.25, 0.3) is 0 Å². The molecule has 2 aromatic rings. The van der Waals surface area contributed by atoms with Gasteiger partial charge in [-0.25, -0.2) is 0 Å². The van der Waals surface area contributed by atoms with Crippen LogP contribution in [0.5, 0.6) is 0 Å². The number of nitrogens with one attached hydrogen (secondary N) is 1. The number of benzene rings is 1. The molecule has 1 aromatic heterocycles. The summed E-state index contributed by atoms with van der Waals surface area (Å²) < 4.78 is 0. The minimum absolute atomic E-state index is 0.0508. The van der Waals surface area contributed by atoms with Gasteiger partial charge in [0.15, 0.2) is 0 Å². The summed E-state index contributed by atoms with van der Waals surface area (Å²) in [6.45, 7) is 2.96. The molecular formula is C18H18N4O2. The van der Waals surface area contributed by atoms with E-state index in [9.17, 15) is 9.59 Å². The molecule has 0 saturated carbocycles. The molecule has 2 amide bonds. The lowest BCUT2D eigenvalue weighted by atomic mass is 10.1. The highest BCUT2D eigenvalue weighted by atomic mass is 16.2. The summed E-state index contributed by atoms with van der Waals surface area (Å²) in [6, 6.07) is 9.57. The third-order valence-corrected chi connectivity index (χ3v) is 4.57. The number of hydrogen-bond donors (Lipinski definition) is 1. The molecule has 2 aliphatic rings. The molecule has 0 radical (unpaired) electrons. The highest BCUT2D eigenvalue weighted by Crippen LogP contribution is 2.28. The maximum atomic E-state index is 12.5. The fraction of sp³-hybridized carbons (Fsp3) is 0.278. The third-order valence-electron chi connectivity index (χ3n) is 4.57. The number of carbonyl (C=O) groups is 2. The van der Waals surface area contributed by atoms with Gasteiger partial charge in [-0.3, -0.25) is 14.6 Å². The number of aromatic nitrogens is 1. The van der Waals surface area contributed by atoms with Crippen molar-refractivity contribution in [3.63, 3.8) is 0 Å². The number of piperazine rings is 1. The third kappa shape index (κ3) is 2.71. The highest BCUT2D eigenvalue weighted by Gasteiger charge is 2.24. The summed E-state index contributed by atoms with van der Waals surface area (Å²) in [5.41, 5.74) is 3.75. The van der Waals surface area contributed by atoms with Crippen molar-refractivity contribution in [3.05, 3.63) is 53.9 Å². The van der Waals surface area contributed by atoms with E-state index in [0.29, 0.717) is 25.1 Å². The van der Waals surface area contributed by atoms with Crippen molar-refractivity contribution in [3.8, 4) is 0 Å². The van der Waals surface area contributed by atoms with Crippen molar-refractivity contribution >= 4 is 23.2 Å². The molecule has 24 heavy (non-hydrogen) atoms. The molecule has 2 aliphatic heterocycles. The second-order valence-electron chi connectivity index (χ2n) is 6.08. The van der Waals surface area contributed by atoms with Gasteiger partial charge in [0.05, 0.1) is 6.42 Å². The monoisotopic (exact) mass is 322 g/mol. The van der Waals surface area contributed by atoms with Crippen LogP contribution in [-0.4, -0.2) is 47.9 Å². The SMILES string of the molecule is O=C1Cc2cc(N3CCN(C(=O)c4ccncc4)CC3)ccc2N1. The van der Waals surface area contributed by atoms with E-state index >= 15 is 0 Å². The van der Waals surface area contributed by atoms with Crippen LogP contribution in [0, 0.1) is 0 Å². The standard InChI is InChI=1S/C18H18N4O2/c23-17-12-14-11-15(1-2-16(14)20-17)21-7-9-22(10-8-21)18(24)13-3-5-19-6-4-13/h1-6,11H,7-10,12H2,(H,20,23). The van der Waals surface area contributed by atoms with E-state index in [4.69, 9.17) is 0 Å². The Morgan fingerprint density at radius 3 is 2.54 bits per heavy atom. The van der Waals surface area contributed by atoms with Crippen LogP contribution in [0.1, 0.15) is 15.9 Å². The van der Waals surface area contributed by atoms with E-state index in [2.05, 4.69) is 21.3 Å². The largest absolute Gasteiger partial charge is 0.368 e. The van der Waals surface area contributed by atoms with Crippen LogP contribution >= 0.6 is 0 Å². The first kappa shape index (κ1) is 14.7. The molecular weight excluding hydrogens is 304 g/mol. The molecule has 6 heteroatoms. The molecule has 0 atom stereocenters. The number of rotatable bonds is 2. The molecule has 0 aliphatic carbocycles. The molecule has 1 N–H and O–H groups in total. The predicted octanol–water partition coefficient (Wildman–Crippen LogP) is 1.54. The summed E-state index contributed by atoms with van der Waals surface area (Å²) in [4.78, 5) is 32.0. The van der Waals surface area contributed by atoms with Crippen molar-refractivity contribution in [2.24, 2.45) is 0 Å². The molecule has 122 valence electrons. The molecule has 4 rings (SSSR count). The lowest BCUT2D eigenvalue weighted by Crippen LogP contribution is -2.48. The Morgan fingerprint density at radius 2 is 1.79 bits per heavy atom. The second-order valence-corrected chi connectivity index (χ2v) is 6.08. The number of amides is 2. The maximum absolute atomic E-state index is 12.5. The van der Waals surface area contributed by atoms with E-state index in [0.717, 1.165) is 30.0 Å². The van der Waals surface area contributed by atoms with E-state index < -0.39 is 0 Å². The fourth-order valence-electron chi connectivity index (χ4n) is 3.26. The van der Waals surface area contributed by atoms with Crippen LogP contribution < -0.4 is 10.2 Å². The van der Waals surface area contributed by atoms with E-state index in [1.807, 2.05) is 17.0 Å². The zero-order valence-corrected chi connectivity index (χ0v) is 13.2. The van der Waals surface area contributed by atoms with Crippen molar-refractivity contribution in [2.75, 3.05) is 36.4 Å². The number of anilines is 2. The van der Waals surface area contributed by atoms with Crippen LogP contribution in [-0.2, 0) is 11.2 Å². The van der Waals surface area contributed by atoms with Gasteiger partial charge in [0, 0.05) is 55.5 Å². The molecule has 1 fully saturated rings. The summed E-state index contributed by atoms with van der Waals surface area (Å²) in [7, 11) is 0. The molecule has 0 unspecified atom stereocenters. The quantitative estimate of drug-likeness (QED) is 0.911. The van der Waals surface area contributed by atoms with Gasteiger partial charge in [-0.05, 0) is 35.9 Å². The number of nitrogens with zero attached hydrogens (tertiary/aromatic N) is 3. The second kappa shape index (κ2) is 5.96. The van der Waals surface area contributed by atoms with Gasteiger partial charge in [0.25, 0.3) is 5.91 Å². The average Bonchev–Trinajstić information content (AvgIpc) is 3.01. The van der Waals surface area contributed by atoms with Gasteiger partial charge >= 0.3 is 0 Å². The van der Waals surface area contributed by atoms with Gasteiger partial charge < -0.3 is 15.1 Å². The minimum atomic E-state index is 0.0508. The van der Waals surface area contributed by atoms with Crippen molar-refractivity contribution in [1.82, 2.24) is 9.88 Å². The molecule has 1 saturated heterocycles. The van der Waals surface area contributed by atoms with Crippen LogP contribution in [0.15, 0.2) is 42.7 Å². The van der Waals surface area contributed by atoms with Crippen LogP contribution in [0.2, 0.25) is 0 Å². The Kier molecular flexibility index (Phi) is 3.65. The Labute approximate surface area is 140 Å². The lowest BCUT2D eigenvalue weighted by molar-refractivity contribution is -0.115. The van der Waals surface area contributed by atoms with Crippen LogP contribution in [0.3, 0.4) is 0 Å². The summed E-state index contributed by atoms with van der Waals surface area (Å²) >= 11 is 0. The van der Waals surface area contributed by atoms with Gasteiger partial charge in [0.1, 0.15) is 0 Å². The Morgan fingerprint density at radius 1 is 1.04 bits per heavy atom. The van der Waals surface area contributed by atoms with Crippen molar-refractivity contribution in [1.29, 1.82) is 0 Å². The summed E-state index contributed by atoms with van der Waals surface area (Å²) in [5, 5.41) is 2.85.